The zero-order valence-electron chi connectivity index (χ0n) is 8.26. The maximum atomic E-state index is 5.01. The van der Waals surface area contributed by atoms with E-state index in [-0.39, 0.29) is 0 Å². The molecule has 76 valence electrons. The summed E-state index contributed by atoms with van der Waals surface area (Å²) in [5.41, 5.74) is 2.43. The summed E-state index contributed by atoms with van der Waals surface area (Å²) >= 11 is 3.85. The second kappa shape index (κ2) is 4.89. The number of thiol groups is 1. The van der Waals surface area contributed by atoms with Crippen LogP contribution in [0.5, 0.6) is 5.75 Å². The Bertz CT molecular complexity index is 426. The van der Waals surface area contributed by atoms with Gasteiger partial charge in [0, 0.05) is 24.9 Å². The molecule has 0 radical (unpaired) electrons. The third kappa shape index (κ3) is 2.54. The van der Waals surface area contributed by atoms with Crippen LogP contribution in [0.15, 0.2) is 54.6 Å². The van der Waals surface area contributed by atoms with Gasteiger partial charge in [-0.15, -0.1) is 0 Å². The highest BCUT2D eigenvalue weighted by Gasteiger charge is 2.02. The Balaban J connectivity index is 2.24. The smallest absolute Gasteiger partial charge is 0.140 e. The number of para-hydroxylation sites is 1. The molecule has 0 aromatic heterocycles. The van der Waals surface area contributed by atoms with Crippen LogP contribution in [0.3, 0.4) is 0 Å². The minimum atomic E-state index is 0.824. The summed E-state index contributed by atoms with van der Waals surface area (Å²) in [6, 6.07) is 18.2. The summed E-state index contributed by atoms with van der Waals surface area (Å²) in [6.45, 7) is 0. The minimum absolute atomic E-state index is 0.824. The molecule has 0 atom stereocenters. The van der Waals surface area contributed by atoms with Crippen molar-refractivity contribution in [3.05, 3.63) is 65.7 Å². The molecule has 0 heterocycles. The van der Waals surface area contributed by atoms with Crippen molar-refractivity contribution < 1.29 is 4.18 Å². The van der Waals surface area contributed by atoms with Crippen molar-refractivity contribution in [3.63, 3.8) is 0 Å². The predicted octanol–water partition coefficient (Wildman–Crippen LogP) is 3.50. The first-order chi connectivity index (χ1) is 7.40. The quantitative estimate of drug-likeness (QED) is 0.610. The fourth-order valence-electron chi connectivity index (χ4n) is 1.55. The largest absolute Gasteiger partial charge is 0.429 e. The van der Waals surface area contributed by atoms with E-state index in [1.165, 1.54) is 5.56 Å². The lowest BCUT2D eigenvalue weighted by molar-refractivity contribution is 0.649. The van der Waals surface area contributed by atoms with Crippen molar-refractivity contribution in [2.75, 3.05) is 0 Å². The Morgan fingerprint density at radius 3 is 2.27 bits per heavy atom. The summed E-state index contributed by atoms with van der Waals surface area (Å²) in [5.74, 6) is 0.824. The van der Waals surface area contributed by atoms with Gasteiger partial charge >= 0.3 is 0 Å². The van der Waals surface area contributed by atoms with Crippen molar-refractivity contribution in [3.8, 4) is 5.75 Å². The number of benzene rings is 2. The molecule has 0 unspecified atom stereocenters. The Hall–Kier alpha value is -1.41. The average Bonchev–Trinajstić information content (AvgIpc) is 2.31. The van der Waals surface area contributed by atoms with Crippen molar-refractivity contribution in [2.45, 2.75) is 6.42 Å². The minimum Gasteiger partial charge on any atom is -0.429 e. The van der Waals surface area contributed by atoms with Crippen molar-refractivity contribution >= 4 is 12.9 Å². The van der Waals surface area contributed by atoms with Crippen LogP contribution < -0.4 is 4.18 Å². The number of hydrogen-bond donors (Lipinski definition) is 1. The van der Waals surface area contributed by atoms with Gasteiger partial charge in [-0.2, -0.15) is 0 Å². The van der Waals surface area contributed by atoms with Crippen LogP contribution in [0.1, 0.15) is 11.1 Å². The summed E-state index contributed by atoms with van der Waals surface area (Å²) < 4.78 is 5.01. The second-order valence-corrected chi connectivity index (χ2v) is 3.54. The molecule has 0 aliphatic rings. The molecule has 0 spiro atoms. The molecule has 1 nitrogen and oxygen atoms in total. The first-order valence-electron chi connectivity index (χ1n) is 4.83. The van der Waals surface area contributed by atoms with Crippen LogP contribution in [-0.4, -0.2) is 0 Å². The van der Waals surface area contributed by atoms with E-state index in [0.29, 0.717) is 0 Å². The lowest BCUT2D eigenvalue weighted by Gasteiger charge is -2.06. The van der Waals surface area contributed by atoms with Crippen LogP contribution in [0.2, 0.25) is 0 Å². The Morgan fingerprint density at radius 1 is 0.867 bits per heavy atom. The maximum Gasteiger partial charge on any atom is 0.140 e. The van der Waals surface area contributed by atoms with Gasteiger partial charge in [0.15, 0.2) is 0 Å². The number of hydrogen-bond acceptors (Lipinski definition) is 2. The van der Waals surface area contributed by atoms with Gasteiger partial charge in [0.25, 0.3) is 0 Å². The first-order valence-corrected chi connectivity index (χ1v) is 5.20. The van der Waals surface area contributed by atoms with Crippen LogP contribution >= 0.6 is 12.9 Å². The molecule has 0 aliphatic carbocycles. The van der Waals surface area contributed by atoms with E-state index in [9.17, 15) is 0 Å². The van der Waals surface area contributed by atoms with Crippen LogP contribution in [0, 0.1) is 0 Å². The Labute approximate surface area is 95.3 Å². The van der Waals surface area contributed by atoms with E-state index in [1.54, 1.807) is 0 Å². The normalized spacial score (nSPS) is 9.93. The average molecular weight is 216 g/mol. The van der Waals surface area contributed by atoms with Crippen molar-refractivity contribution in [1.82, 2.24) is 0 Å². The molecule has 2 aromatic carbocycles. The predicted molar refractivity (Wildman–Crippen MR) is 65.3 cm³/mol. The Kier molecular flexibility index (Phi) is 3.30. The molecule has 0 aliphatic heterocycles. The maximum absolute atomic E-state index is 5.01. The van der Waals surface area contributed by atoms with Gasteiger partial charge in [-0.3, -0.25) is 0 Å². The second-order valence-electron chi connectivity index (χ2n) is 3.36. The highest BCUT2D eigenvalue weighted by Crippen LogP contribution is 2.21. The van der Waals surface area contributed by atoms with Crippen LogP contribution in [0.4, 0.5) is 0 Å². The van der Waals surface area contributed by atoms with Crippen LogP contribution in [-0.2, 0) is 6.42 Å². The van der Waals surface area contributed by atoms with Gasteiger partial charge in [0.2, 0.25) is 0 Å². The lowest BCUT2D eigenvalue weighted by atomic mass is 10.0. The van der Waals surface area contributed by atoms with Crippen molar-refractivity contribution in [1.29, 1.82) is 0 Å². The molecular weight excluding hydrogens is 204 g/mol. The molecule has 0 bridgehead atoms. The van der Waals surface area contributed by atoms with Gasteiger partial charge in [-0.05, 0) is 11.6 Å². The van der Waals surface area contributed by atoms with E-state index < -0.39 is 0 Å². The topological polar surface area (TPSA) is 9.23 Å². The molecule has 15 heavy (non-hydrogen) atoms. The highest BCUT2D eigenvalue weighted by molar-refractivity contribution is 7.75. The van der Waals surface area contributed by atoms with E-state index in [4.69, 9.17) is 4.18 Å². The van der Waals surface area contributed by atoms with Gasteiger partial charge < -0.3 is 4.18 Å². The van der Waals surface area contributed by atoms with E-state index >= 15 is 0 Å². The van der Waals surface area contributed by atoms with E-state index in [0.717, 1.165) is 17.7 Å². The van der Waals surface area contributed by atoms with Crippen LogP contribution in [0.25, 0.3) is 0 Å². The zero-order valence-corrected chi connectivity index (χ0v) is 9.15. The summed E-state index contributed by atoms with van der Waals surface area (Å²) in [6.07, 6.45) is 0.873. The summed E-state index contributed by atoms with van der Waals surface area (Å²) in [5, 5.41) is 0. The molecule has 0 fully saturated rings. The SMILES string of the molecule is SOc1ccccc1Cc1ccccc1. The lowest BCUT2D eigenvalue weighted by Crippen LogP contribution is -1.90. The van der Waals surface area contributed by atoms with Gasteiger partial charge in [0.05, 0.1) is 0 Å². The molecule has 0 amide bonds. The molecule has 2 heteroatoms. The molecule has 2 aromatic rings. The third-order valence-electron chi connectivity index (χ3n) is 2.31. The van der Waals surface area contributed by atoms with E-state index in [1.807, 2.05) is 36.4 Å². The van der Waals surface area contributed by atoms with Gasteiger partial charge in [-0.1, -0.05) is 48.5 Å². The van der Waals surface area contributed by atoms with E-state index in [2.05, 4.69) is 31.1 Å². The molecule has 2 rings (SSSR count). The fourth-order valence-corrected chi connectivity index (χ4v) is 1.73. The third-order valence-corrected chi connectivity index (χ3v) is 2.51. The molecular formula is C13H12OS. The summed E-state index contributed by atoms with van der Waals surface area (Å²) in [7, 11) is 0. The van der Waals surface area contributed by atoms with Gasteiger partial charge in [-0.25, -0.2) is 0 Å². The standard InChI is InChI=1S/C13H12OS/c15-14-13-9-5-4-8-12(13)10-11-6-2-1-3-7-11/h1-9,15H,10H2. The Morgan fingerprint density at radius 2 is 1.53 bits per heavy atom. The first kappa shape index (κ1) is 10.1. The van der Waals surface area contributed by atoms with Gasteiger partial charge in [0.1, 0.15) is 5.75 Å². The number of rotatable bonds is 3. The molecule has 0 N–H and O–H groups in total. The zero-order chi connectivity index (χ0) is 10.5. The highest BCUT2D eigenvalue weighted by atomic mass is 32.1. The monoisotopic (exact) mass is 216 g/mol. The molecule has 0 saturated heterocycles. The molecule has 0 saturated carbocycles. The summed E-state index contributed by atoms with van der Waals surface area (Å²) in [4.78, 5) is 0. The van der Waals surface area contributed by atoms with Crippen molar-refractivity contribution in [2.24, 2.45) is 0 Å². The fraction of sp³-hybridized carbons (Fsp3) is 0.0769.